The lowest BCUT2D eigenvalue weighted by Gasteiger charge is -2.05. The molecule has 0 atom stereocenters. The molecule has 0 saturated carbocycles. The van der Waals surface area contributed by atoms with Gasteiger partial charge in [0.15, 0.2) is 19.0 Å². The minimum atomic E-state index is -1.05. The van der Waals surface area contributed by atoms with Gasteiger partial charge in [-0.25, -0.2) is 4.79 Å². The lowest BCUT2D eigenvalue weighted by Crippen LogP contribution is -2.23. The van der Waals surface area contributed by atoms with Gasteiger partial charge in [-0.3, -0.25) is 0 Å². The van der Waals surface area contributed by atoms with Crippen LogP contribution in [0.25, 0.3) is 0 Å². The zero-order valence-corrected chi connectivity index (χ0v) is 29.7. The number of hydrogen-bond donors (Lipinski definition) is 1. The highest BCUT2D eigenvalue weighted by molar-refractivity contribution is 6.35. The fourth-order valence-corrected chi connectivity index (χ4v) is 4.28. The van der Waals surface area contributed by atoms with Crippen LogP contribution in [-0.2, 0) is 4.79 Å². The molecular formula is C35H61Cl2NO4. The highest BCUT2D eigenvalue weighted by Gasteiger charge is 2.04. The summed E-state index contributed by atoms with van der Waals surface area (Å²) in [6.07, 6.45) is 15.2. The number of aromatic nitrogens is 1. The molecule has 2 rings (SSSR count). The third-order valence-electron chi connectivity index (χ3n) is 7.41. The molecule has 1 aromatic heterocycles. The number of carboxylic acids is 1. The number of hydrogen-bond acceptors (Lipinski definition) is 3. The lowest BCUT2D eigenvalue weighted by molar-refractivity contribution is -0.605. The van der Waals surface area contributed by atoms with Gasteiger partial charge in [0.1, 0.15) is 5.75 Å². The molecule has 0 aliphatic heterocycles. The van der Waals surface area contributed by atoms with Gasteiger partial charge in [0.05, 0.1) is 5.02 Å². The minimum Gasteiger partial charge on any atom is -0.619 e. The van der Waals surface area contributed by atoms with Crippen molar-refractivity contribution < 1.29 is 19.4 Å². The van der Waals surface area contributed by atoms with E-state index in [4.69, 9.17) is 33.0 Å². The van der Waals surface area contributed by atoms with Crippen LogP contribution in [0, 0.1) is 29.9 Å². The molecule has 2 aromatic rings. The number of ether oxygens (including phenoxy) is 1. The number of pyridine rings is 1. The monoisotopic (exact) mass is 629 g/mol. The number of halogens is 2. The molecule has 0 spiro atoms. The standard InChI is InChI=1S/C8H6Cl2O3.3C7H16.C6H7NO/c9-5-1-2-7(6(10)3-5)13-4-8(11)12;3*1-4-7(5-2)6-3;1-6-2-4-7(8)5-3-6/h1-3H,4H2,(H,11,12);3*7H,4-6H2,1-3H3;2-5H,1H3. The van der Waals surface area contributed by atoms with Crippen LogP contribution >= 0.6 is 23.2 Å². The predicted octanol–water partition coefficient (Wildman–Crippen LogP) is 11.6. The van der Waals surface area contributed by atoms with Crippen LogP contribution < -0.4 is 9.47 Å². The predicted molar refractivity (Wildman–Crippen MR) is 183 cm³/mol. The van der Waals surface area contributed by atoms with Crippen LogP contribution in [-0.4, -0.2) is 17.7 Å². The van der Waals surface area contributed by atoms with Crippen LogP contribution in [0.3, 0.4) is 0 Å². The van der Waals surface area contributed by atoms with Crippen molar-refractivity contribution in [3.8, 4) is 5.75 Å². The fraction of sp³-hybridized carbons (Fsp3) is 0.657. The highest BCUT2D eigenvalue weighted by Crippen LogP contribution is 2.27. The summed E-state index contributed by atoms with van der Waals surface area (Å²) >= 11 is 11.3. The zero-order chi connectivity index (χ0) is 32.9. The average Bonchev–Trinajstić information content (AvgIpc) is 2.98. The summed E-state index contributed by atoms with van der Waals surface area (Å²) in [6.45, 7) is 21.9. The Hall–Kier alpha value is -1.98. The van der Waals surface area contributed by atoms with Crippen molar-refractivity contribution in [3.05, 3.63) is 63.5 Å². The van der Waals surface area contributed by atoms with Gasteiger partial charge < -0.3 is 15.1 Å². The number of rotatable bonds is 12. The molecule has 0 unspecified atom stereocenters. The molecule has 0 radical (unpaired) electrons. The van der Waals surface area contributed by atoms with E-state index in [1.165, 1.54) is 82.3 Å². The number of carbonyl (C=O) groups is 1. The van der Waals surface area contributed by atoms with Crippen molar-refractivity contribution in [3.63, 3.8) is 0 Å². The molecule has 1 N–H and O–H groups in total. The third-order valence-corrected chi connectivity index (χ3v) is 7.94. The second kappa shape index (κ2) is 30.5. The average molecular weight is 631 g/mol. The molecule has 5 nitrogen and oxygen atoms in total. The molecule has 1 aromatic carbocycles. The molecule has 244 valence electrons. The van der Waals surface area contributed by atoms with E-state index < -0.39 is 12.6 Å². The van der Waals surface area contributed by atoms with Gasteiger partial charge in [0.25, 0.3) is 0 Å². The molecule has 0 bridgehead atoms. The van der Waals surface area contributed by atoms with E-state index in [-0.39, 0.29) is 0 Å². The van der Waals surface area contributed by atoms with Gasteiger partial charge in [-0.15, -0.1) is 0 Å². The Kier molecular flexibility index (Phi) is 32.3. The van der Waals surface area contributed by atoms with E-state index >= 15 is 0 Å². The molecule has 7 heteroatoms. The van der Waals surface area contributed by atoms with Crippen molar-refractivity contribution in [2.24, 2.45) is 17.8 Å². The Bertz CT molecular complexity index is 800. The Labute approximate surface area is 268 Å². The third kappa shape index (κ3) is 26.9. The van der Waals surface area contributed by atoms with Crippen molar-refractivity contribution in [1.29, 1.82) is 0 Å². The number of nitrogens with zero attached hydrogens (tertiary/aromatic N) is 1. The summed E-state index contributed by atoms with van der Waals surface area (Å²) in [7, 11) is 0. The topological polar surface area (TPSA) is 73.5 Å². The maximum atomic E-state index is 10.3. The molecule has 0 aliphatic carbocycles. The van der Waals surface area contributed by atoms with Gasteiger partial charge in [-0.2, -0.15) is 4.73 Å². The largest absolute Gasteiger partial charge is 0.619 e. The van der Waals surface area contributed by atoms with E-state index in [1.807, 2.05) is 6.92 Å². The smallest absolute Gasteiger partial charge is 0.341 e. The second-order valence-corrected chi connectivity index (χ2v) is 11.1. The van der Waals surface area contributed by atoms with Crippen molar-refractivity contribution in [2.75, 3.05) is 6.61 Å². The first kappa shape index (κ1) is 44.5. The lowest BCUT2D eigenvalue weighted by atomic mass is 10.0. The Morgan fingerprint density at radius 1 is 0.738 bits per heavy atom. The number of benzene rings is 1. The van der Waals surface area contributed by atoms with E-state index in [2.05, 4.69) is 62.3 Å². The van der Waals surface area contributed by atoms with Crippen LogP contribution in [0.15, 0.2) is 42.7 Å². The fourth-order valence-electron chi connectivity index (χ4n) is 3.82. The van der Waals surface area contributed by atoms with Crippen LogP contribution in [0.5, 0.6) is 5.75 Å². The summed E-state index contributed by atoms with van der Waals surface area (Å²) in [6, 6.07) is 8.12. The van der Waals surface area contributed by atoms with Gasteiger partial charge in [-0.05, 0) is 48.4 Å². The van der Waals surface area contributed by atoms with Crippen molar-refractivity contribution in [1.82, 2.24) is 0 Å². The molecule has 0 amide bonds. The molecule has 0 saturated heterocycles. The SMILES string of the molecule is CCC(CC)CC.CCC(CC)CC.CCC(CC)CC.Cc1cc[n+]([O-])cc1.O=C(O)COc1ccc(Cl)cc1Cl. The summed E-state index contributed by atoms with van der Waals surface area (Å²) in [5, 5.41) is 19.4. The van der Waals surface area contributed by atoms with Crippen molar-refractivity contribution >= 4 is 29.2 Å². The van der Waals surface area contributed by atoms with Crippen LogP contribution in [0.1, 0.15) is 126 Å². The van der Waals surface area contributed by atoms with Gasteiger partial charge in [-0.1, -0.05) is 143 Å². The number of aryl methyl sites for hydroxylation is 1. The quantitative estimate of drug-likeness (QED) is 0.187. The first-order valence-electron chi connectivity index (χ1n) is 15.9. The summed E-state index contributed by atoms with van der Waals surface area (Å²) < 4.78 is 5.63. The second-order valence-electron chi connectivity index (χ2n) is 10.3. The number of aliphatic carboxylic acids is 1. The molecular weight excluding hydrogens is 569 g/mol. The minimum absolute atomic E-state index is 0.300. The normalized spacial score (nSPS) is 9.88. The van der Waals surface area contributed by atoms with E-state index in [9.17, 15) is 10.0 Å². The first-order valence-corrected chi connectivity index (χ1v) is 16.6. The van der Waals surface area contributed by atoms with E-state index in [1.54, 1.807) is 18.2 Å². The van der Waals surface area contributed by atoms with E-state index in [0.717, 1.165) is 28.0 Å². The maximum absolute atomic E-state index is 10.3. The molecule has 0 aliphatic rings. The van der Waals surface area contributed by atoms with Gasteiger partial charge in [0, 0.05) is 17.2 Å². The highest BCUT2D eigenvalue weighted by atomic mass is 35.5. The zero-order valence-electron chi connectivity index (χ0n) is 28.2. The Morgan fingerprint density at radius 3 is 1.33 bits per heavy atom. The van der Waals surface area contributed by atoms with Crippen LogP contribution in [0.2, 0.25) is 10.0 Å². The van der Waals surface area contributed by atoms with Crippen LogP contribution in [0.4, 0.5) is 0 Å². The number of carboxylic acid groups (broad SMARTS) is 1. The van der Waals surface area contributed by atoms with E-state index in [0.29, 0.717) is 15.8 Å². The summed E-state index contributed by atoms with van der Waals surface area (Å²) in [4.78, 5) is 10.2. The maximum Gasteiger partial charge on any atom is 0.341 e. The molecule has 1 heterocycles. The summed E-state index contributed by atoms with van der Waals surface area (Å²) in [5.41, 5.74) is 1.11. The van der Waals surface area contributed by atoms with Gasteiger partial charge >= 0.3 is 5.97 Å². The molecule has 0 fully saturated rings. The first-order chi connectivity index (χ1) is 19.9. The summed E-state index contributed by atoms with van der Waals surface area (Å²) in [5.74, 6) is 2.22. The Morgan fingerprint density at radius 2 is 1.10 bits per heavy atom. The molecule has 42 heavy (non-hydrogen) atoms. The Balaban J connectivity index is -0.000000467. The van der Waals surface area contributed by atoms with Crippen molar-refractivity contribution in [2.45, 2.75) is 127 Å². The van der Waals surface area contributed by atoms with Gasteiger partial charge in [0.2, 0.25) is 0 Å².